The van der Waals surface area contributed by atoms with E-state index in [0.717, 1.165) is 19.3 Å². The van der Waals surface area contributed by atoms with Gasteiger partial charge in [0.2, 0.25) is 0 Å². The van der Waals surface area contributed by atoms with Crippen LogP contribution in [0.1, 0.15) is 43.0 Å². The summed E-state index contributed by atoms with van der Waals surface area (Å²) < 4.78 is 6.36. The van der Waals surface area contributed by atoms with E-state index in [-0.39, 0.29) is 29.9 Å². The van der Waals surface area contributed by atoms with Gasteiger partial charge in [-0.15, -0.1) is 0 Å². The van der Waals surface area contributed by atoms with Crippen molar-refractivity contribution in [1.29, 1.82) is 0 Å². The van der Waals surface area contributed by atoms with E-state index in [1.807, 2.05) is 0 Å². The Morgan fingerprint density at radius 1 is 1.32 bits per heavy atom. The van der Waals surface area contributed by atoms with Gasteiger partial charge in [0.25, 0.3) is 11.5 Å². The van der Waals surface area contributed by atoms with E-state index in [2.05, 4.69) is 4.98 Å². The molecule has 3 heterocycles. The summed E-state index contributed by atoms with van der Waals surface area (Å²) in [5.41, 5.74) is 0.126. The van der Waals surface area contributed by atoms with Crippen LogP contribution >= 0.6 is 0 Å². The minimum Gasteiger partial charge on any atom is -0.466 e. The van der Waals surface area contributed by atoms with Crippen LogP contribution in [-0.4, -0.2) is 45.4 Å². The molecule has 1 amide bonds. The van der Waals surface area contributed by atoms with Gasteiger partial charge in [-0.05, 0) is 38.3 Å². The van der Waals surface area contributed by atoms with E-state index in [9.17, 15) is 14.4 Å². The maximum Gasteiger partial charge on any atom is 0.307 e. The number of amides is 1. The largest absolute Gasteiger partial charge is 0.466 e. The number of hydrogen-bond acceptors (Lipinski definition) is 5. The number of carbonyl (C=O) groups is 2. The fourth-order valence-corrected chi connectivity index (χ4v) is 3.22. The van der Waals surface area contributed by atoms with Gasteiger partial charge in [0, 0.05) is 25.0 Å². The molecule has 1 atom stereocenters. The lowest BCUT2D eigenvalue weighted by Gasteiger charge is -2.35. The lowest BCUT2D eigenvalue weighted by Crippen LogP contribution is -2.46. The fourth-order valence-electron chi connectivity index (χ4n) is 3.22. The number of pyridine rings is 1. The summed E-state index contributed by atoms with van der Waals surface area (Å²) >= 11 is 0. The Labute approximate surface area is 145 Å². The smallest absolute Gasteiger partial charge is 0.307 e. The first-order valence-electron chi connectivity index (χ1n) is 8.54. The molecule has 0 unspecified atom stereocenters. The molecule has 2 aromatic heterocycles. The first kappa shape index (κ1) is 17.1. The second-order valence-corrected chi connectivity index (χ2v) is 6.06. The van der Waals surface area contributed by atoms with E-state index in [0.29, 0.717) is 18.8 Å². The van der Waals surface area contributed by atoms with Crippen LogP contribution in [0.15, 0.2) is 35.4 Å². The normalized spacial score (nSPS) is 17.5. The number of aromatic nitrogens is 2. The van der Waals surface area contributed by atoms with E-state index >= 15 is 0 Å². The summed E-state index contributed by atoms with van der Waals surface area (Å²) in [5.74, 6) is -0.690. The maximum atomic E-state index is 12.9. The first-order chi connectivity index (χ1) is 12.1. The number of esters is 1. The molecule has 0 aliphatic carbocycles. The van der Waals surface area contributed by atoms with Gasteiger partial charge in [-0.2, -0.15) is 0 Å². The second-order valence-electron chi connectivity index (χ2n) is 6.06. The van der Waals surface area contributed by atoms with Crippen molar-refractivity contribution in [2.24, 2.45) is 0 Å². The van der Waals surface area contributed by atoms with Gasteiger partial charge in [0.1, 0.15) is 11.2 Å². The van der Waals surface area contributed by atoms with E-state index in [4.69, 9.17) is 4.74 Å². The molecule has 0 spiro atoms. The van der Waals surface area contributed by atoms with E-state index in [1.165, 1.54) is 10.6 Å². The Kier molecular flexibility index (Phi) is 5.11. The Bertz CT molecular complexity index is 846. The molecule has 7 heteroatoms. The summed E-state index contributed by atoms with van der Waals surface area (Å²) in [5, 5.41) is 0. The Balaban J connectivity index is 1.89. The van der Waals surface area contributed by atoms with Crippen molar-refractivity contribution in [3.8, 4) is 0 Å². The molecule has 1 aliphatic rings. The van der Waals surface area contributed by atoms with E-state index < -0.39 is 5.56 Å². The lowest BCUT2D eigenvalue weighted by molar-refractivity contribution is -0.144. The third kappa shape index (κ3) is 3.55. The van der Waals surface area contributed by atoms with Crippen LogP contribution in [0.5, 0.6) is 0 Å². The zero-order chi connectivity index (χ0) is 17.8. The summed E-state index contributed by atoms with van der Waals surface area (Å²) in [6, 6.07) is 4.97. The van der Waals surface area contributed by atoms with Crippen LogP contribution in [0.4, 0.5) is 0 Å². The molecule has 0 radical (unpaired) electrons. The Hall–Kier alpha value is -2.70. The molecule has 0 bridgehead atoms. The predicted molar refractivity (Wildman–Crippen MR) is 91.4 cm³/mol. The monoisotopic (exact) mass is 343 g/mol. The average molecular weight is 343 g/mol. The summed E-state index contributed by atoms with van der Waals surface area (Å²) in [7, 11) is 0. The number of piperidine rings is 1. The van der Waals surface area contributed by atoms with Crippen molar-refractivity contribution in [1.82, 2.24) is 14.3 Å². The number of nitrogens with zero attached hydrogens (tertiary/aromatic N) is 3. The van der Waals surface area contributed by atoms with Crippen molar-refractivity contribution in [3.63, 3.8) is 0 Å². The number of fused-ring (bicyclic) bond motifs is 1. The van der Waals surface area contributed by atoms with Crippen LogP contribution in [0.25, 0.3) is 5.65 Å². The predicted octanol–water partition coefficient (Wildman–Crippen LogP) is 1.64. The third-order valence-corrected chi connectivity index (χ3v) is 4.44. The molecule has 2 aromatic rings. The molecule has 7 nitrogen and oxygen atoms in total. The molecular weight excluding hydrogens is 322 g/mol. The molecule has 0 saturated carbocycles. The van der Waals surface area contributed by atoms with E-state index in [1.54, 1.807) is 36.2 Å². The molecule has 132 valence electrons. The fraction of sp³-hybridized carbons (Fsp3) is 0.444. The lowest BCUT2D eigenvalue weighted by atomic mass is 9.98. The summed E-state index contributed by atoms with van der Waals surface area (Å²) in [6.07, 6.45) is 5.61. The van der Waals surface area contributed by atoms with Crippen LogP contribution in [0.3, 0.4) is 0 Å². The SMILES string of the molecule is CCOC(=O)C[C@@H]1CCCCN1C(=O)c1cnc2ccccn2c1=O. The van der Waals surface area contributed by atoms with Gasteiger partial charge in [-0.3, -0.25) is 18.8 Å². The van der Waals surface area contributed by atoms with Crippen LogP contribution < -0.4 is 5.56 Å². The van der Waals surface area contributed by atoms with Crippen LogP contribution in [0.2, 0.25) is 0 Å². The molecule has 25 heavy (non-hydrogen) atoms. The van der Waals surface area contributed by atoms with Gasteiger partial charge >= 0.3 is 5.97 Å². The first-order valence-corrected chi connectivity index (χ1v) is 8.54. The number of likely N-dealkylation sites (tertiary alicyclic amines) is 1. The minimum absolute atomic E-state index is 0.0273. The molecule has 3 rings (SSSR count). The van der Waals surface area contributed by atoms with Crippen molar-refractivity contribution < 1.29 is 14.3 Å². The van der Waals surface area contributed by atoms with Gasteiger partial charge in [0.05, 0.1) is 13.0 Å². The number of ether oxygens (including phenoxy) is 1. The summed E-state index contributed by atoms with van der Waals surface area (Å²) in [4.78, 5) is 43.2. The van der Waals surface area contributed by atoms with Gasteiger partial charge in [-0.1, -0.05) is 6.07 Å². The molecule has 0 aromatic carbocycles. The highest BCUT2D eigenvalue weighted by Gasteiger charge is 2.31. The van der Waals surface area contributed by atoms with Gasteiger partial charge in [-0.25, -0.2) is 4.98 Å². The molecule has 1 fully saturated rings. The zero-order valence-corrected chi connectivity index (χ0v) is 14.2. The van der Waals surface area contributed by atoms with Gasteiger partial charge in [0.15, 0.2) is 0 Å². The average Bonchev–Trinajstić information content (AvgIpc) is 2.62. The van der Waals surface area contributed by atoms with Crippen LogP contribution in [-0.2, 0) is 9.53 Å². The van der Waals surface area contributed by atoms with Crippen molar-refractivity contribution >= 4 is 17.5 Å². The molecular formula is C18H21N3O4. The highest BCUT2D eigenvalue weighted by molar-refractivity contribution is 5.94. The highest BCUT2D eigenvalue weighted by Crippen LogP contribution is 2.21. The standard InChI is InChI=1S/C18H21N3O4/c1-2-25-16(22)11-13-7-3-5-9-20(13)17(23)14-12-19-15-8-4-6-10-21(15)18(14)24/h4,6,8,10,12-13H,2-3,5,7,9,11H2,1H3/t13-/m0/s1. The minimum atomic E-state index is -0.393. The highest BCUT2D eigenvalue weighted by atomic mass is 16.5. The van der Waals surface area contributed by atoms with Crippen molar-refractivity contribution in [2.45, 2.75) is 38.6 Å². The summed E-state index contributed by atoms with van der Waals surface area (Å²) in [6.45, 7) is 2.60. The quantitative estimate of drug-likeness (QED) is 0.789. The molecule has 1 aliphatic heterocycles. The number of carbonyl (C=O) groups excluding carboxylic acids is 2. The third-order valence-electron chi connectivity index (χ3n) is 4.44. The number of rotatable bonds is 4. The van der Waals surface area contributed by atoms with Gasteiger partial charge < -0.3 is 9.64 Å². The Morgan fingerprint density at radius 3 is 2.96 bits per heavy atom. The topological polar surface area (TPSA) is 81.0 Å². The second kappa shape index (κ2) is 7.46. The zero-order valence-electron chi connectivity index (χ0n) is 14.2. The molecule has 0 N–H and O–H groups in total. The molecule has 1 saturated heterocycles. The Morgan fingerprint density at radius 2 is 2.16 bits per heavy atom. The van der Waals surface area contributed by atoms with Crippen LogP contribution in [0, 0.1) is 0 Å². The van der Waals surface area contributed by atoms with Crippen molar-refractivity contribution in [2.75, 3.05) is 13.2 Å². The maximum absolute atomic E-state index is 12.9. The number of hydrogen-bond donors (Lipinski definition) is 0. The van der Waals surface area contributed by atoms with Crippen molar-refractivity contribution in [3.05, 3.63) is 46.5 Å².